The van der Waals surface area contributed by atoms with Gasteiger partial charge < -0.3 is 9.64 Å². The number of piperidine rings is 1. The summed E-state index contributed by atoms with van der Waals surface area (Å²) in [6, 6.07) is 8.33. The molecule has 2 aliphatic heterocycles. The highest BCUT2D eigenvalue weighted by Gasteiger charge is 2.25. The van der Waals surface area contributed by atoms with E-state index in [1.54, 1.807) is 7.11 Å². The second kappa shape index (κ2) is 9.22. The van der Waals surface area contributed by atoms with E-state index in [4.69, 9.17) is 4.74 Å². The summed E-state index contributed by atoms with van der Waals surface area (Å²) in [5.74, 6) is 0.889. The third kappa shape index (κ3) is 4.85. The summed E-state index contributed by atoms with van der Waals surface area (Å²) in [4.78, 5) is 16.8. The van der Waals surface area contributed by atoms with Gasteiger partial charge in [0.2, 0.25) is 0 Å². The van der Waals surface area contributed by atoms with Gasteiger partial charge in [0.05, 0.1) is 19.3 Å². The third-order valence-electron chi connectivity index (χ3n) is 5.77. The molecular formula is C22H29N5O2. The summed E-state index contributed by atoms with van der Waals surface area (Å²) in [5, 5.41) is 8.43. The molecule has 1 amide bonds. The lowest BCUT2D eigenvalue weighted by Crippen LogP contribution is -2.36. The average molecular weight is 396 g/mol. The van der Waals surface area contributed by atoms with Gasteiger partial charge in [0.25, 0.3) is 5.91 Å². The highest BCUT2D eigenvalue weighted by molar-refractivity contribution is 5.92. The molecule has 0 saturated carbocycles. The van der Waals surface area contributed by atoms with Gasteiger partial charge >= 0.3 is 0 Å². The van der Waals surface area contributed by atoms with Crippen LogP contribution in [0.1, 0.15) is 47.8 Å². The molecule has 0 radical (unpaired) electrons. The van der Waals surface area contributed by atoms with Crippen LogP contribution in [0.5, 0.6) is 5.75 Å². The molecule has 2 aromatic rings. The predicted molar refractivity (Wildman–Crippen MR) is 112 cm³/mol. The number of benzene rings is 1. The number of amides is 1. The Morgan fingerprint density at radius 1 is 1.17 bits per heavy atom. The van der Waals surface area contributed by atoms with Crippen molar-refractivity contribution in [1.82, 2.24) is 24.8 Å². The standard InChI is InChI=1S/C22H29N5O2/c1-29-20-10-8-18(9-11-20)6-4-12-25-13-5-7-19(16-25)27-17-21(23-24-27)22(28)26-14-2-3-15-26/h4,6,8-11,17,19H,2-3,5,7,12-16H2,1H3/b6-4+. The zero-order chi connectivity index (χ0) is 20.1. The van der Waals surface area contributed by atoms with Crippen molar-refractivity contribution in [2.75, 3.05) is 39.8 Å². The van der Waals surface area contributed by atoms with Crippen molar-refractivity contribution >= 4 is 12.0 Å². The minimum absolute atomic E-state index is 0.0174. The van der Waals surface area contributed by atoms with Crippen LogP contribution in [0.2, 0.25) is 0 Å². The summed E-state index contributed by atoms with van der Waals surface area (Å²) in [5.41, 5.74) is 1.64. The largest absolute Gasteiger partial charge is 0.497 e. The van der Waals surface area contributed by atoms with Crippen molar-refractivity contribution in [3.8, 4) is 5.75 Å². The van der Waals surface area contributed by atoms with E-state index in [1.807, 2.05) is 27.9 Å². The van der Waals surface area contributed by atoms with Crippen molar-refractivity contribution < 1.29 is 9.53 Å². The summed E-state index contributed by atoms with van der Waals surface area (Å²) in [6.07, 6.45) is 10.5. The molecule has 2 aliphatic rings. The number of carbonyl (C=O) groups excluding carboxylic acids is 1. The molecule has 1 unspecified atom stereocenters. The van der Waals surface area contributed by atoms with Crippen molar-refractivity contribution in [2.24, 2.45) is 0 Å². The maximum atomic E-state index is 12.5. The first-order chi connectivity index (χ1) is 14.2. The number of nitrogens with zero attached hydrogens (tertiary/aromatic N) is 5. The van der Waals surface area contributed by atoms with Crippen LogP contribution in [0.15, 0.2) is 36.5 Å². The molecule has 7 nitrogen and oxygen atoms in total. The SMILES string of the molecule is COc1ccc(/C=C/CN2CCCC(n3cc(C(=O)N4CCCC4)nn3)C2)cc1. The Hall–Kier alpha value is -2.67. The fourth-order valence-electron chi connectivity index (χ4n) is 4.10. The van der Waals surface area contributed by atoms with Crippen LogP contribution >= 0.6 is 0 Å². The zero-order valence-electron chi connectivity index (χ0n) is 17.0. The van der Waals surface area contributed by atoms with Gasteiger partial charge in [-0.15, -0.1) is 5.10 Å². The molecule has 1 aromatic carbocycles. The Bertz CT molecular complexity index is 839. The molecule has 7 heteroatoms. The van der Waals surface area contributed by atoms with Crippen LogP contribution in [0.3, 0.4) is 0 Å². The summed E-state index contributed by atoms with van der Waals surface area (Å²) in [6.45, 7) is 4.58. The van der Waals surface area contributed by atoms with E-state index in [0.717, 1.165) is 64.2 Å². The number of aromatic nitrogens is 3. The molecule has 2 fully saturated rings. The van der Waals surface area contributed by atoms with E-state index in [2.05, 4.69) is 39.5 Å². The van der Waals surface area contributed by atoms with Crippen molar-refractivity contribution in [2.45, 2.75) is 31.7 Å². The molecule has 0 spiro atoms. The second-order valence-electron chi connectivity index (χ2n) is 7.81. The molecule has 0 aliphatic carbocycles. The third-order valence-corrected chi connectivity index (χ3v) is 5.77. The van der Waals surface area contributed by atoms with Crippen LogP contribution in [-0.4, -0.2) is 70.5 Å². The van der Waals surface area contributed by atoms with Crippen LogP contribution in [0, 0.1) is 0 Å². The Balaban J connectivity index is 1.32. The molecule has 1 atom stereocenters. The molecule has 4 rings (SSSR count). The Kier molecular flexibility index (Phi) is 6.24. The summed E-state index contributed by atoms with van der Waals surface area (Å²) >= 11 is 0. The maximum Gasteiger partial charge on any atom is 0.276 e. The fourth-order valence-corrected chi connectivity index (χ4v) is 4.10. The number of hydrogen-bond acceptors (Lipinski definition) is 5. The lowest BCUT2D eigenvalue weighted by atomic mass is 10.1. The van der Waals surface area contributed by atoms with E-state index in [0.29, 0.717) is 5.69 Å². The molecule has 1 aromatic heterocycles. The number of methoxy groups -OCH3 is 1. The molecule has 29 heavy (non-hydrogen) atoms. The maximum absolute atomic E-state index is 12.5. The van der Waals surface area contributed by atoms with Crippen LogP contribution in [0.4, 0.5) is 0 Å². The predicted octanol–water partition coefficient (Wildman–Crippen LogP) is 2.87. The van der Waals surface area contributed by atoms with E-state index >= 15 is 0 Å². The number of ether oxygens (including phenoxy) is 1. The quantitative estimate of drug-likeness (QED) is 0.753. The van der Waals surface area contributed by atoms with Gasteiger partial charge in [0.15, 0.2) is 5.69 Å². The first kappa shape index (κ1) is 19.6. The van der Waals surface area contributed by atoms with Gasteiger partial charge in [0.1, 0.15) is 5.75 Å². The van der Waals surface area contributed by atoms with Gasteiger partial charge in [0, 0.05) is 26.2 Å². The number of hydrogen-bond donors (Lipinski definition) is 0. The van der Waals surface area contributed by atoms with Gasteiger partial charge in [-0.2, -0.15) is 0 Å². The topological polar surface area (TPSA) is 63.5 Å². The fraction of sp³-hybridized carbons (Fsp3) is 0.500. The normalized spacial score (nSPS) is 20.4. The molecule has 2 saturated heterocycles. The van der Waals surface area contributed by atoms with Crippen molar-refractivity contribution in [3.05, 3.63) is 47.8 Å². The molecule has 154 valence electrons. The van der Waals surface area contributed by atoms with E-state index in [9.17, 15) is 4.79 Å². The van der Waals surface area contributed by atoms with Gasteiger partial charge in [-0.1, -0.05) is 29.5 Å². The molecule has 0 N–H and O–H groups in total. The smallest absolute Gasteiger partial charge is 0.276 e. The monoisotopic (exact) mass is 395 g/mol. The van der Waals surface area contributed by atoms with Crippen molar-refractivity contribution in [1.29, 1.82) is 0 Å². The first-order valence-electron chi connectivity index (χ1n) is 10.5. The number of carbonyl (C=O) groups is 1. The van der Waals surface area contributed by atoms with Crippen molar-refractivity contribution in [3.63, 3.8) is 0 Å². The summed E-state index contributed by atoms with van der Waals surface area (Å²) < 4.78 is 7.09. The van der Waals surface area contributed by atoms with E-state index in [-0.39, 0.29) is 11.9 Å². The van der Waals surface area contributed by atoms with E-state index in [1.165, 1.54) is 5.56 Å². The lowest BCUT2D eigenvalue weighted by molar-refractivity contribution is 0.0787. The zero-order valence-corrected chi connectivity index (χ0v) is 17.0. The highest BCUT2D eigenvalue weighted by Crippen LogP contribution is 2.21. The van der Waals surface area contributed by atoms with Gasteiger partial charge in [-0.3, -0.25) is 9.69 Å². The Morgan fingerprint density at radius 3 is 2.72 bits per heavy atom. The van der Waals surface area contributed by atoms with E-state index < -0.39 is 0 Å². The lowest BCUT2D eigenvalue weighted by Gasteiger charge is -2.31. The van der Waals surface area contributed by atoms with Crippen LogP contribution in [-0.2, 0) is 0 Å². The van der Waals surface area contributed by atoms with Crippen LogP contribution < -0.4 is 4.74 Å². The molecule has 3 heterocycles. The Morgan fingerprint density at radius 2 is 1.97 bits per heavy atom. The number of likely N-dealkylation sites (tertiary alicyclic amines) is 2. The second-order valence-corrected chi connectivity index (χ2v) is 7.81. The summed E-state index contributed by atoms with van der Waals surface area (Å²) in [7, 11) is 1.68. The van der Waals surface area contributed by atoms with Gasteiger partial charge in [-0.05, 0) is 49.9 Å². The van der Waals surface area contributed by atoms with Gasteiger partial charge in [-0.25, -0.2) is 4.68 Å². The minimum Gasteiger partial charge on any atom is -0.497 e. The number of rotatable bonds is 6. The minimum atomic E-state index is 0.0174. The average Bonchev–Trinajstić information content (AvgIpc) is 3.46. The highest BCUT2D eigenvalue weighted by atomic mass is 16.5. The Labute approximate surface area is 171 Å². The molecular weight excluding hydrogens is 366 g/mol. The molecule has 0 bridgehead atoms. The first-order valence-corrected chi connectivity index (χ1v) is 10.5. The van der Waals surface area contributed by atoms with Crippen LogP contribution in [0.25, 0.3) is 6.08 Å².